The SMILES string of the molecule is C=CCN(Cc1cccs1)C(=O)C(C)N1CCN(C(=O)OC(C)(C)C)CC1. The molecule has 2 heterocycles. The smallest absolute Gasteiger partial charge is 0.410 e. The maximum absolute atomic E-state index is 13.0. The van der Waals surface area contributed by atoms with Crippen LogP contribution in [0.4, 0.5) is 4.79 Å². The van der Waals surface area contributed by atoms with Gasteiger partial charge in [-0.25, -0.2) is 4.79 Å². The van der Waals surface area contributed by atoms with Crippen LogP contribution in [0.5, 0.6) is 0 Å². The second kappa shape index (κ2) is 9.37. The summed E-state index contributed by atoms with van der Waals surface area (Å²) in [6.45, 7) is 14.9. The summed E-state index contributed by atoms with van der Waals surface area (Å²) in [5, 5.41) is 2.02. The highest BCUT2D eigenvalue weighted by Gasteiger charge is 2.31. The highest BCUT2D eigenvalue weighted by molar-refractivity contribution is 7.09. The normalized spacial score (nSPS) is 16.7. The Morgan fingerprint density at radius 2 is 2.00 bits per heavy atom. The molecule has 0 saturated carbocycles. The highest BCUT2D eigenvalue weighted by atomic mass is 32.1. The molecule has 150 valence electrons. The fourth-order valence-corrected chi connectivity index (χ4v) is 3.74. The van der Waals surface area contributed by atoms with E-state index in [1.165, 1.54) is 0 Å². The van der Waals surface area contributed by atoms with Gasteiger partial charge in [0.05, 0.1) is 12.6 Å². The average Bonchev–Trinajstić information content (AvgIpc) is 3.12. The Hall–Kier alpha value is -1.86. The molecule has 0 spiro atoms. The van der Waals surface area contributed by atoms with Gasteiger partial charge in [0.15, 0.2) is 0 Å². The van der Waals surface area contributed by atoms with Gasteiger partial charge in [-0.2, -0.15) is 0 Å². The second-order valence-corrected chi connectivity index (χ2v) is 8.80. The first-order valence-electron chi connectivity index (χ1n) is 9.35. The van der Waals surface area contributed by atoms with Crippen molar-refractivity contribution < 1.29 is 14.3 Å². The lowest BCUT2D eigenvalue weighted by molar-refractivity contribution is -0.137. The summed E-state index contributed by atoms with van der Waals surface area (Å²) in [5.74, 6) is 0.0917. The molecular formula is C20H31N3O3S. The summed E-state index contributed by atoms with van der Waals surface area (Å²) in [7, 11) is 0. The Bertz CT molecular complexity index is 631. The summed E-state index contributed by atoms with van der Waals surface area (Å²) in [6, 6.07) is 3.81. The van der Waals surface area contributed by atoms with E-state index in [1.54, 1.807) is 22.3 Å². The molecule has 1 atom stereocenters. The van der Waals surface area contributed by atoms with Gasteiger partial charge < -0.3 is 14.5 Å². The zero-order chi connectivity index (χ0) is 20.0. The summed E-state index contributed by atoms with van der Waals surface area (Å²) in [5.41, 5.74) is -0.496. The molecule has 1 aromatic heterocycles. The Morgan fingerprint density at radius 1 is 1.33 bits per heavy atom. The van der Waals surface area contributed by atoms with Gasteiger partial charge >= 0.3 is 6.09 Å². The van der Waals surface area contributed by atoms with E-state index in [0.29, 0.717) is 39.3 Å². The molecule has 0 N–H and O–H groups in total. The zero-order valence-corrected chi connectivity index (χ0v) is 17.6. The molecule has 2 amide bonds. The van der Waals surface area contributed by atoms with E-state index >= 15 is 0 Å². The largest absolute Gasteiger partial charge is 0.444 e. The van der Waals surface area contributed by atoms with Crippen molar-refractivity contribution in [3.8, 4) is 0 Å². The number of ether oxygens (including phenoxy) is 1. The van der Waals surface area contributed by atoms with E-state index in [4.69, 9.17) is 4.74 Å². The molecule has 0 aliphatic carbocycles. The first-order valence-corrected chi connectivity index (χ1v) is 10.2. The van der Waals surface area contributed by atoms with Crippen molar-refractivity contribution in [3.05, 3.63) is 35.0 Å². The third-order valence-electron chi connectivity index (χ3n) is 4.46. The lowest BCUT2D eigenvalue weighted by atomic mass is 10.2. The minimum atomic E-state index is -0.496. The number of piperazine rings is 1. The van der Waals surface area contributed by atoms with Crippen LogP contribution < -0.4 is 0 Å². The maximum atomic E-state index is 13.0. The molecule has 0 aromatic carbocycles. The van der Waals surface area contributed by atoms with Crippen LogP contribution in [0.1, 0.15) is 32.6 Å². The minimum Gasteiger partial charge on any atom is -0.444 e. The van der Waals surface area contributed by atoms with E-state index in [0.717, 1.165) is 4.88 Å². The molecule has 1 unspecified atom stereocenters. The molecule has 1 aliphatic heterocycles. The van der Waals surface area contributed by atoms with Crippen LogP contribution in [0.25, 0.3) is 0 Å². The summed E-state index contributed by atoms with van der Waals surface area (Å²) in [6.07, 6.45) is 1.48. The van der Waals surface area contributed by atoms with E-state index in [1.807, 2.05) is 50.1 Å². The predicted molar refractivity (Wildman–Crippen MR) is 109 cm³/mol. The second-order valence-electron chi connectivity index (χ2n) is 7.77. The average molecular weight is 394 g/mol. The number of carbonyl (C=O) groups is 2. The van der Waals surface area contributed by atoms with Crippen molar-refractivity contribution in [2.75, 3.05) is 32.7 Å². The predicted octanol–water partition coefficient (Wildman–Crippen LogP) is 3.20. The number of hydrogen-bond acceptors (Lipinski definition) is 5. The van der Waals surface area contributed by atoms with Gasteiger partial charge in [0.25, 0.3) is 0 Å². The van der Waals surface area contributed by atoms with Crippen LogP contribution >= 0.6 is 11.3 Å². The number of nitrogens with zero attached hydrogens (tertiary/aromatic N) is 3. The Balaban J connectivity index is 1.91. The number of hydrogen-bond donors (Lipinski definition) is 0. The zero-order valence-electron chi connectivity index (χ0n) is 16.8. The summed E-state index contributed by atoms with van der Waals surface area (Å²) >= 11 is 1.65. The summed E-state index contributed by atoms with van der Waals surface area (Å²) in [4.78, 5) is 32.0. The minimum absolute atomic E-state index is 0.0917. The number of thiophene rings is 1. The van der Waals surface area contributed by atoms with Crippen molar-refractivity contribution in [3.63, 3.8) is 0 Å². The van der Waals surface area contributed by atoms with Crippen LogP contribution in [0.2, 0.25) is 0 Å². The molecule has 0 radical (unpaired) electrons. The van der Waals surface area contributed by atoms with Gasteiger partial charge in [0, 0.05) is 37.6 Å². The molecule has 6 nitrogen and oxygen atoms in total. The van der Waals surface area contributed by atoms with Gasteiger partial charge in [-0.05, 0) is 39.1 Å². The van der Waals surface area contributed by atoms with E-state index in [-0.39, 0.29) is 18.0 Å². The lowest BCUT2D eigenvalue weighted by Crippen LogP contribution is -2.55. The standard InChI is InChI=1S/C20H31N3O3S/c1-6-9-23(15-17-8-7-14-27-17)18(24)16(2)21-10-12-22(13-11-21)19(25)26-20(3,4)5/h6-8,14,16H,1,9-13,15H2,2-5H3. The maximum Gasteiger partial charge on any atom is 0.410 e. The van der Waals surface area contributed by atoms with Crippen LogP contribution in [-0.4, -0.2) is 71.1 Å². The van der Waals surface area contributed by atoms with Crippen LogP contribution in [0.3, 0.4) is 0 Å². The molecule has 27 heavy (non-hydrogen) atoms. The topological polar surface area (TPSA) is 53.1 Å². The number of rotatable bonds is 6. The lowest BCUT2D eigenvalue weighted by Gasteiger charge is -2.39. The Kier molecular flexibility index (Phi) is 7.44. The van der Waals surface area contributed by atoms with Gasteiger partial charge in [0.1, 0.15) is 5.60 Å². The van der Waals surface area contributed by atoms with Crippen LogP contribution in [-0.2, 0) is 16.1 Å². The van der Waals surface area contributed by atoms with Crippen molar-refractivity contribution in [1.82, 2.24) is 14.7 Å². The van der Waals surface area contributed by atoms with E-state index in [2.05, 4.69) is 11.5 Å². The molecule has 2 rings (SSSR count). The molecule has 0 bridgehead atoms. The Morgan fingerprint density at radius 3 is 2.52 bits per heavy atom. The van der Waals surface area contributed by atoms with Crippen LogP contribution in [0.15, 0.2) is 30.2 Å². The first kappa shape index (κ1) is 21.4. The van der Waals surface area contributed by atoms with Gasteiger partial charge in [-0.3, -0.25) is 9.69 Å². The fourth-order valence-electron chi connectivity index (χ4n) is 3.02. The van der Waals surface area contributed by atoms with Gasteiger partial charge in [-0.1, -0.05) is 12.1 Å². The fraction of sp³-hybridized carbons (Fsp3) is 0.600. The molecule has 1 aliphatic rings. The van der Waals surface area contributed by atoms with Crippen molar-refractivity contribution in [2.45, 2.75) is 45.9 Å². The number of amides is 2. The van der Waals surface area contributed by atoms with E-state index < -0.39 is 5.60 Å². The first-order chi connectivity index (χ1) is 12.7. The molecule has 1 saturated heterocycles. The monoisotopic (exact) mass is 393 g/mol. The molecule has 1 fully saturated rings. The van der Waals surface area contributed by atoms with Crippen molar-refractivity contribution >= 4 is 23.3 Å². The van der Waals surface area contributed by atoms with Crippen LogP contribution in [0, 0.1) is 0 Å². The quantitative estimate of drug-likeness (QED) is 0.697. The van der Waals surface area contributed by atoms with E-state index in [9.17, 15) is 9.59 Å². The summed E-state index contributed by atoms with van der Waals surface area (Å²) < 4.78 is 5.43. The third-order valence-corrected chi connectivity index (χ3v) is 5.32. The molecule has 1 aromatic rings. The Labute approximate surface area is 166 Å². The van der Waals surface area contributed by atoms with Gasteiger partial charge in [0.2, 0.25) is 5.91 Å². The molecular weight excluding hydrogens is 362 g/mol. The van der Waals surface area contributed by atoms with Gasteiger partial charge in [-0.15, -0.1) is 17.9 Å². The van der Waals surface area contributed by atoms with Crippen molar-refractivity contribution in [2.24, 2.45) is 0 Å². The highest BCUT2D eigenvalue weighted by Crippen LogP contribution is 2.16. The molecule has 7 heteroatoms. The van der Waals surface area contributed by atoms with Crippen molar-refractivity contribution in [1.29, 1.82) is 0 Å². The third kappa shape index (κ3) is 6.36. The number of carbonyl (C=O) groups excluding carboxylic acids is 2.